The predicted molar refractivity (Wildman–Crippen MR) is 87.0 cm³/mol. The van der Waals surface area contributed by atoms with E-state index in [0.717, 1.165) is 37.6 Å². The summed E-state index contributed by atoms with van der Waals surface area (Å²) >= 11 is 0. The molecule has 0 spiro atoms. The fourth-order valence-corrected chi connectivity index (χ4v) is 2.56. The van der Waals surface area contributed by atoms with E-state index in [1.54, 1.807) is 12.4 Å². The molecule has 0 amide bonds. The third-order valence-corrected chi connectivity index (χ3v) is 3.88. The van der Waals surface area contributed by atoms with Gasteiger partial charge in [-0.25, -0.2) is 0 Å². The van der Waals surface area contributed by atoms with Gasteiger partial charge in [-0.3, -0.25) is 4.98 Å². The highest BCUT2D eigenvalue weighted by atomic mass is 16.5. The Kier molecular flexibility index (Phi) is 4.88. The number of hydrogen-bond acceptors (Lipinski definition) is 5. The highest BCUT2D eigenvalue weighted by molar-refractivity contribution is 5.51. The summed E-state index contributed by atoms with van der Waals surface area (Å²) in [6.07, 6.45) is 3.43. The minimum Gasteiger partial charge on any atom is -0.392 e. The Morgan fingerprint density at radius 2 is 1.91 bits per heavy atom. The van der Waals surface area contributed by atoms with Crippen LogP contribution in [0.15, 0.2) is 42.7 Å². The lowest BCUT2D eigenvalue weighted by molar-refractivity contribution is 0.122. The van der Waals surface area contributed by atoms with Gasteiger partial charge in [0.25, 0.3) is 0 Å². The summed E-state index contributed by atoms with van der Waals surface area (Å²) in [5, 5.41) is 12.6. The molecule has 116 valence electrons. The first kappa shape index (κ1) is 14.8. The highest BCUT2D eigenvalue weighted by Gasteiger charge is 2.10. The maximum Gasteiger partial charge on any atom is 0.0703 e. The van der Waals surface area contributed by atoms with Crippen molar-refractivity contribution in [3.8, 4) is 0 Å². The van der Waals surface area contributed by atoms with E-state index >= 15 is 0 Å². The van der Waals surface area contributed by atoms with Gasteiger partial charge in [-0.05, 0) is 23.8 Å². The van der Waals surface area contributed by atoms with Crippen LogP contribution in [0.3, 0.4) is 0 Å². The Hall–Kier alpha value is -2.11. The zero-order valence-electron chi connectivity index (χ0n) is 12.5. The number of hydrogen-bond donors (Lipinski definition) is 2. The van der Waals surface area contributed by atoms with Gasteiger partial charge in [0.15, 0.2) is 0 Å². The second-order valence-corrected chi connectivity index (χ2v) is 5.31. The molecule has 3 rings (SSSR count). The summed E-state index contributed by atoms with van der Waals surface area (Å²) in [6, 6.07) is 10.4. The van der Waals surface area contributed by atoms with E-state index in [0.29, 0.717) is 6.54 Å². The van der Waals surface area contributed by atoms with Crippen LogP contribution in [-0.4, -0.2) is 36.4 Å². The van der Waals surface area contributed by atoms with Crippen molar-refractivity contribution in [1.29, 1.82) is 0 Å². The molecule has 1 aromatic carbocycles. The Balaban J connectivity index is 1.61. The first-order valence-corrected chi connectivity index (χ1v) is 7.56. The Morgan fingerprint density at radius 3 is 2.64 bits per heavy atom. The maximum atomic E-state index is 9.31. The Bertz CT molecular complexity index is 595. The summed E-state index contributed by atoms with van der Waals surface area (Å²) in [4.78, 5) is 6.43. The quantitative estimate of drug-likeness (QED) is 0.884. The molecule has 0 radical (unpaired) electrons. The van der Waals surface area contributed by atoms with Crippen molar-refractivity contribution in [2.24, 2.45) is 0 Å². The number of nitrogens with zero attached hydrogens (tertiary/aromatic N) is 2. The maximum absolute atomic E-state index is 9.31. The summed E-state index contributed by atoms with van der Waals surface area (Å²) in [5.74, 6) is 0. The van der Waals surface area contributed by atoms with Gasteiger partial charge >= 0.3 is 0 Å². The van der Waals surface area contributed by atoms with E-state index in [9.17, 15) is 5.11 Å². The van der Waals surface area contributed by atoms with Crippen molar-refractivity contribution >= 4 is 11.4 Å². The van der Waals surface area contributed by atoms with Crippen LogP contribution in [0, 0.1) is 0 Å². The van der Waals surface area contributed by atoms with Crippen molar-refractivity contribution in [1.82, 2.24) is 4.98 Å². The first-order valence-electron chi connectivity index (χ1n) is 7.56. The van der Waals surface area contributed by atoms with Gasteiger partial charge < -0.3 is 20.1 Å². The summed E-state index contributed by atoms with van der Waals surface area (Å²) < 4.78 is 5.38. The number of aliphatic hydroxyl groups is 1. The van der Waals surface area contributed by atoms with Crippen LogP contribution in [0.4, 0.5) is 11.4 Å². The number of rotatable bonds is 5. The van der Waals surface area contributed by atoms with Crippen LogP contribution >= 0.6 is 0 Å². The number of benzene rings is 1. The number of aliphatic hydroxyl groups excluding tert-OH is 1. The molecular formula is C17H21N3O2. The minimum absolute atomic E-state index is 0.0147. The molecule has 0 atom stereocenters. The molecule has 1 aromatic heterocycles. The number of pyridine rings is 1. The normalized spacial score (nSPS) is 14.9. The van der Waals surface area contributed by atoms with Crippen LogP contribution in [0.5, 0.6) is 0 Å². The fourth-order valence-electron chi connectivity index (χ4n) is 2.56. The number of nitrogens with one attached hydrogen (secondary N) is 1. The van der Waals surface area contributed by atoms with E-state index in [2.05, 4.69) is 39.5 Å². The van der Waals surface area contributed by atoms with Crippen molar-refractivity contribution in [3.05, 3.63) is 53.9 Å². The highest BCUT2D eigenvalue weighted by Crippen LogP contribution is 2.18. The molecule has 1 aliphatic heterocycles. The number of ether oxygens (including phenoxy) is 1. The van der Waals surface area contributed by atoms with Gasteiger partial charge in [0.1, 0.15) is 0 Å². The van der Waals surface area contributed by atoms with Gasteiger partial charge in [0.2, 0.25) is 0 Å². The van der Waals surface area contributed by atoms with Crippen LogP contribution < -0.4 is 10.2 Å². The molecule has 2 N–H and O–H groups in total. The average molecular weight is 299 g/mol. The molecule has 1 aliphatic rings. The molecule has 2 heterocycles. The zero-order valence-corrected chi connectivity index (χ0v) is 12.5. The lowest BCUT2D eigenvalue weighted by atomic mass is 10.1. The summed E-state index contributed by atoms with van der Waals surface area (Å²) in [6.45, 7) is 4.23. The van der Waals surface area contributed by atoms with Gasteiger partial charge in [-0.15, -0.1) is 0 Å². The molecular weight excluding hydrogens is 278 g/mol. The molecule has 22 heavy (non-hydrogen) atoms. The molecule has 5 heteroatoms. The molecule has 1 fully saturated rings. The second-order valence-electron chi connectivity index (χ2n) is 5.31. The Labute approximate surface area is 130 Å². The predicted octanol–water partition coefficient (Wildman–Crippen LogP) is 2.02. The lowest BCUT2D eigenvalue weighted by Crippen LogP contribution is -2.36. The molecule has 1 saturated heterocycles. The van der Waals surface area contributed by atoms with E-state index in [1.807, 2.05) is 6.07 Å². The molecule has 0 saturated carbocycles. The average Bonchev–Trinajstić information content (AvgIpc) is 2.61. The van der Waals surface area contributed by atoms with Crippen LogP contribution in [0.25, 0.3) is 0 Å². The van der Waals surface area contributed by atoms with Crippen molar-refractivity contribution in [3.63, 3.8) is 0 Å². The molecule has 5 nitrogen and oxygen atoms in total. The van der Waals surface area contributed by atoms with Crippen LogP contribution in [0.1, 0.15) is 11.1 Å². The molecule has 0 bridgehead atoms. The largest absolute Gasteiger partial charge is 0.392 e. The fraction of sp³-hybridized carbons (Fsp3) is 0.353. The topological polar surface area (TPSA) is 57.6 Å². The van der Waals surface area contributed by atoms with Crippen molar-refractivity contribution < 1.29 is 9.84 Å². The molecule has 2 aromatic rings. The summed E-state index contributed by atoms with van der Waals surface area (Å²) in [7, 11) is 0. The second kappa shape index (κ2) is 7.24. The monoisotopic (exact) mass is 299 g/mol. The smallest absolute Gasteiger partial charge is 0.0703 e. The van der Waals surface area contributed by atoms with Crippen molar-refractivity contribution in [2.75, 3.05) is 36.5 Å². The van der Waals surface area contributed by atoms with Crippen LogP contribution in [-0.2, 0) is 17.9 Å². The third-order valence-electron chi connectivity index (χ3n) is 3.88. The minimum atomic E-state index is 0.0147. The van der Waals surface area contributed by atoms with Gasteiger partial charge in [0, 0.05) is 37.1 Å². The van der Waals surface area contributed by atoms with Crippen LogP contribution in [0.2, 0.25) is 0 Å². The number of aromatic nitrogens is 1. The van der Waals surface area contributed by atoms with E-state index < -0.39 is 0 Å². The third kappa shape index (κ3) is 3.55. The summed E-state index contributed by atoms with van der Waals surface area (Å²) in [5.41, 5.74) is 4.18. The van der Waals surface area contributed by atoms with Gasteiger partial charge in [-0.1, -0.05) is 12.1 Å². The van der Waals surface area contributed by atoms with E-state index in [1.165, 1.54) is 11.3 Å². The van der Waals surface area contributed by atoms with Gasteiger partial charge in [-0.2, -0.15) is 0 Å². The molecule has 0 unspecified atom stereocenters. The first-order chi connectivity index (χ1) is 10.9. The number of morpholine rings is 1. The zero-order chi connectivity index (χ0) is 15.2. The number of anilines is 2. The van der Waals surface area contributed by atoms with Gasteiger partial charge in [0.05, 0.1) is 31.7 Å². The SMILES string of the molecule is OCc1ccncc1NCc1ccc(N2CCOCC2)cc1. The van der Waals surface area contributed by atoms with Crippen molar-refractivity contribution in [2.45, 2.75) is 13.2 Å². The molecule has 0 aliphatic carbocycles. The Morgan fingerprint density at radius 1 is 1.14 bits per heavy atom. The lowest BCUT2D eigenvalue weighted by Gasteiger charge is -2.28. The van der Waals surface area contributed by atoms with E-state index in [4.69, 9.17) is 4.74 Å². The van der Waals surface area contributed by atoms with E-state index in [-0.39, 0.29) is 6.61 Å². The standard InChI is InChI=1S/C17H21N3O2/c21-13-15-5-6-18-12-17(15)19-11-14-1-3-16(4-2-14)20-7-9-22-10-8-20/h1-6,12,19,21H,7-11,13H2.